The lowest BCUT2D eigenvalue weighted by Gasteiger charge is -2.28. The molecule has 2 nitrogen and oxygen atoms in total. The van der Waals surface area contributed by atoms with E-state index in [0.717, 1.165) is 12.1 Å². The van der Waals surface area contributed by atoms with Crippen molar-refractivity contribution in [3.8, 4) is 0 Å². The zero-order valence-corrected chi connectivity index (χ0v) is 7.12. The highest BCUT2D eigenvalue weighted by Gasteiger charge is 2.54. The van der Waals surface area contributed by atoms with Gasteiger partial charge in [-0.3, -0.25) is 0 Å². The van der Waals surface area contributed by atoms with E-state index in [0.29, 0.717) is 0 Å². The summed E-state index contributed by atoms with van der Waals surface area (Å²) in [5, 5.41) is 17.9. The van der Waals surface area contributed by atoms with Gasteiger partial charge in [-0.25, -0.2) is 0 Å². The van der Waals surface area contributed by atoms with Crippen molar-refractivity contribution in [3.05, 3.63) is 35.9 Å². The van der Waals surface area contributed by atoms with E-state index in [-0.39, 0.29) is 5.56 Å². The minimum absolute atomic E-state index is 0.366. The number of aliphatic hydroxyl groups is 2. The second kappa shape index (κ2) is 3.59. The molecule has 0 amide bonds. The highest BCUT2D eigenvalue weighted by molar-refractivity contribution is 5.24. The highest BCUT2D eigenvalue weighted by Crippen LogP contribution is 2.38. The molecule has 2 N–H and O–H groups in total. The van der Waals surface area contributed by atoms with Crippen LogP contribution >= 0.6 is 0 Å². The van der Waals surface area contributed by atoms with Crippen molar-refractivity contribution in [2.75, 3.05) is 6.61 Å². The summed E-state index contributed by atoms with van der Waals surface area (Å²) in [7, 11) is 0. The number of hydrogen-bond donors (Lipinski definition) is 2. The molecule has 0 radical (unpaired) electrons. The molecule has 0 saturated heterocycles. The molecular formula is C9H9F3O2. The van der Waals surface area contributed by atoms with Crippen LogP contribution in [-0.2, 0) is 5.60 Å². The third kappa shape index (κ3) is 1.73. The van der Waals surface area contributed by atoms with Crippen molar-refractivity contribution >= 4 is 0 Å². The van der Waals surface area contributed by atoms with Crippen LogP contribution in [0.5, 0.6) is 0 Å². The predicted molar refractivity (Wildman–Crippen MR) is 43.5 cm³/mol. The van der Waals surface area contributed by atoms with Crippen LogP contribution in [0.1, 0.15) is 5.56 Å². The molecule has 1 unspecified atom stereocenters. The molecule has 1 aromatic rings. The van der Waals surface area contributed by atoms with Gasteiger partial charge in [0.15, 0.2) is 0 Å². The maximum absolute atomic E-state index is 12.4. The van der Waals surface area contributed by atoms with Gasteiger partial charge in [0.1, 0.15) is 0 Å². The van der Waals surface area contributed by atoms with Crippen LogP contribution in [0.25, 0.3) is 0 Å². The number of benzene rings is 1. The summed E-state index contributed by atoms with van der Waals surface area (Å²) in [5.74, 6) is 0. The van der Waals surface area contributed by atoms with Gasteiger partial charge in [0.05, 0.1) is 6.61 Å². The van der Waals surface area contributed by atoms with Crippen molar-refractivity contribution in [3.63, 3.8) is 0 Å². The molecule has 0 aliphatic heterocycles. The van der Waals surface area contributed by atoms with E-state index in [9.17, 15) is 18.3 Å². The van der Waals surface area contributed by atoms with Gasteiger partial charge < -0.3 is 10.2 Å². The van der Waals surface area contributed by atoms with Gasteiger partial charge in [0.25, 0.3) is 0 Å². The van der Waals surface area contributed by atoms with Gasteiger partial charge in [-0.2, -0.15) is 13.2 Å². The van der Waals surface area contributed by atoms with Gasteiger partial charge in [-0.1, -0.05) is 30.3 Å². The van der Waals surface area contributed by atoms with Crippen LogP contribution < -0.4 is 0 Å². The highest BCUT2D eigenvalue weighted by atomic mass is 19.4. The average Bonchev–Trinajstić information content (AvgIpc) is 2.16. The van der Waals surface area contributed by atoms with E-state index in [2.05, 4.69) is 0 Å². The molecule has 78 valence electrons. The lowest BCUT2D eigenvalue weighted by Crippen LogP contribution is -2.45. The molecule has 0 saturated carbocycles. The predicted octanol–water partition coefficient (Wildman–Crippen LogP) is 1.43. The summed E-state index contributed by atoms with van der Waals surface area (Å²) in [6, 6.07) is 6.48. The lowest BCUT2D eigenvalue weighted by molar-refractivity contribution is -0.277. The van der Waals surface area contributed by atoms with Crippen LogP contribution in [0.2, 0.25) is 0 Å². The summed E-state index contributed by atoms with van der Waals surface area (Å²) in [6.07, 6.45) is -4.89. The number of alkyl halides is 3. The van der Waals surface area contributed by atoms with Crippen LogP contribution in [0.4, 0.5) is 13.2 Å². The lowest BCUT2D eigenvalue weighted by atomic mass is 9.94. The number of aliphatic hydroxyl groups excluding tert-OH is 1. The fourth-order valence-electron chi connectivity index (χ4n) is 1.06. The monoisotopic (exact) mass is 206 g/mol. The molecule has 0 aliphatic carbocycles. The fraction of sp³-hybridized carbons (Fsp3) is 0.333. The molecule has 1 aromatic carbocycles. The Labute approximate surface area is 78.6 Å². The van der Waals surface area contributed by atoms with Gasteiger partial charge in [-0.05, 0) is 5.56 Å². The molecule has 0 aliphatic rings. The Bertz CT molecular complexity index is 297. The van der Waals surface area contributed by atoms with Crippen molar-refractivity contribution in [2.24, 2.45) is 0 Å². The molecule has 14 heavy (non-hydrogen) atoms. The van der Waals surface area contributed by atoms with E-state index in [1.165, 1.54) is 18.2 Å². The van der Waals surface area contributed by atoms with Crippen molar-refractivity contribution < 1.29 is 23.4 Å². The van der Waals surface area contributed by atoms with Crippen LogP contribution in [0.3, 0.4) is 0 Å². The number of halogens is 3. The standard InChI is InChI=1S/C9H9F3O2/c10-9(11,12)8(14,6-13)7-4-2-1-3-5-7/h1-5,13-14H,6H2. The molecule has 5 heteroatoms. The Kier molecular flexibility index (Phi) is 2.82. The SMILES string of the molecule is OCC(O)(c1ccccc1)C(F)(F)F. The van der Waals surface area contributed by atoms with Gasteiger partial charge in [-0.15, -0.1) is 0 Å². The Balaban J connectivity index is 3.15. The smallest absolute Gasteiger partial charge is 0.393 e. The van der Waals surface area contributed by atoms with E-state index in [1.807, 2.05) is 0 Å². The third-order valence-electron chi connectivity index (χ3n) is 1.95. The van der Waals surface area contributed by atoms with E-state index in [4.69, 9.17) is 5.11 Å². The van der Waals surface area contributed by atoms with Gasteiger partial charge in [0.2, 0.25) is 5.60 Å². The molecule has 1 rings (SSSR count). The Morgan fingerprint density at radius 2 is 1.57 bits per heavy atom. The summed E-state index contributed by atoms with van der Waals surface area (Å²) in [5.41, 5.74) is -3.54. The van der Waals surface area contributed by atoms with Crippen molar-refractivity contribution in [2.45, 2.75) is 11.8 Å². The van der Waals surface area contributed by atoms with Crippen molar-refractivity contribution in [1.29, 1.82) is 0 Å². The number of hydrogen-bond acceptors (Lipinski definition) is 2. The molecule has 0 bridgehead atoms. The second-order valence-corrected chi connectivity index (χ2v) is 2.88. The second-order valence-electron chi connectivity index (χ2n) is 2.88. The van der Waals surface area contributed by atoms with Crippen LogP contribution in [0, 0.1) is 0 Å². The zero-order chi connectivity index (χ0) is 10.8. The fourth-order valence-corrected chi connectivity index (χ4v) is 1.06. The summed E-state index contributed by atoms with van der Waals surface area (Å²) >= 11 is 0. The zero-order valence-electron chi connectivity index (χ0n) is 7.12. The third-order valence-corrected chi connectivity index (χ3v) is 1.95. The first-order chi connectivity index (χ1) is 6.42. The van der Waals surface area contributed by atoms with Crippen LogP contribution in [-0.4, -0.2) is 23.0 Å². The molecule has 0 fully saturated rings. The maximum atomic E-state index is 12.4. The summed E-state index contributed by atoms with van der Waals surface area (Å²) in [6.45, 7) is -1.39. The first-order valence-electron chi connectivity index (χ1n) is 3.87. The maximum Gasteiger partial charge on any atom is 0.423 e. The van der Waals surface area contributed by atoms with Crippen molar-refractivity contribution in [1.82, 2.24) is 0 Å². The topological polar surface area (TPSA) is 40.5 Å². The Hall–Kier alpha value is -1.07. The minimum Gasteiger partial charge on any atom is -0.393 e. The van der Waals surface area contributed by atoms with E-state index >= 15 is 0 Å². The van der Waals surface area contributed by atoms with Crippen LogP contribution in [0.15, 0.2) is 30.3 Å². The average molecular weight is 206 g/mol. The van der Waals surface area contributed by atoms with E-state index < -0.39 is 18.4 Å². The molecule has 0 heterocycles. The molecule has 1 atom stereocenters. The van der Waals surface area contributed by atoms with Gasteiger partial charge in [0, 0.05) is 0 Å². The molecular weight excluding hydrogens is 197 g/mol. The summed E-state index contributed by atoms with van der Waals surface area (Å²) < 4.78 is 37.1. The Morgan fingerprint density at radius 3 is 1.93 bits per heavy atom. The van der Waals surface area contributed by atoms with Gasteiger partial charge >= 0.3 is 6.18 Å². The molecule has 0 spiro atoms. The molecule has 0 aromatic heterocycles. The Morgan fingerprint density at radius 1 is 1.07 bits per heavy atom. The largest absolute Gasteiger partial charge is 0.423 e. The first-order valence-corrected chi connectivity index (χ1v) is 3.87. The minimum atomic E-state index is -4.89. The number of rotatable bonds is 2. The van der Waals surface area contributed by atoms with E-state index in [1.54, 1.807) is 0 Å². The summed E-state index contributed by atoms with van der Waals surface area (Å²) in [4.78, 5) is 0. The normalized spacial score (nSPS) is 16.4. The quantitative estimate of drug-likeness (QED) is 0.768. The first kappa shape index (κ1) is 11.0.